The Balaban J connectivity index is 1.43. The number of aliphatic hydroxyl groups excluding tert-OH is 1. The van der Waals surface area contributed by atoms with Crippen LogP contribution < -0.4 is 16.3 Å². The number of H-pyrrole nitrogens is 1. The Kier molecular flexibility index (Phi) is 8.83. The number of aromatic amines is 1. The van der Waals surface area contributed by atoms with Crippen LogP contribution in [0.15, 0.2) is 52.2 Å². The number of thioether (sulfide) groups is 1. The Hall–Kier alpha value is -2.05. The molecule has 1 aromatic carbocycles. The van der Waals surface area contributed by atoms with Crippen molar-refractivity contribution in [1.29, 1.82) is 0 Å². The maximum absolute atomic E-state index is 13.7. The van der Waals surface area contributed by atoms with Crippen molar-refractivity contribution in [3.05, 3.63) is 69.0 Å². The zero-order valence-corrected chi connectivity index (χ0v) is 23.3. The van der Waals surface area contributed by atoms with E-state index in [-0.39, 0.29) is 24.9 Å². The van der Waals surface area contributed by atoms with Gasteiger partial charge in [0.15, 0.2) is 11.3 Å². The van der Waals surface area contributed by atoms with Crippen molar-refractivity contribution in [1.82, 2.24) is 14.6 Å². The summed E-state index contributed by atoms with van der Waals surface area (Å²) in [7, 11) is -3.85. The predicted octanol–water partition coefficient (Wildman–Crippen LogP) is 2.81. The highest BCUT2D eigenvalue weighted by molar-refractivity contribution is 8.13. The first-order chi connectivity index (χ1) is 17.9. The van der Waals surface area contributed by atoms with Crippen molar-refractivity contribution in [2.24, 2.45) is 10.8 Å². The van der Waals surface area contributed by atoms with Gasteiger partial charge >= 0.3 is 13.4 Å². The molecule has 4 atom stereocenters. The first kappa shape index (κ1) is 28.9. The van der Waals surface area contributed by atoms with E-state index in [0.29, 0.717) is 18.6 Å². The van der Waals surface area contributed by atoms with Crippen LogP contribution in [-0.2, 0) is 29.7 Å². The average molecular weight is 568 g/mol. The fourth-order valence-corrected chi connectivity index (χ4v) is 6.46. The molecular formula is C25H34N3O8PS. The van der Waals surface area contributed by atoms with Gasteiger partial charge in [0.2, 0.25) is 0 Å². The number of aliphatic hydroxyl groups is 1. The molecule has 4 rings (SSSR count). The second-order valence-corrected chi connectivity index (χ2v) is 13.4. The fraction of sp³-hybridized carbons (Fsp3) is 0.560. The molecule has 38 heavy (non-hydrogen) atoms. The largest absolute Gasteiger partial charge is 0.405 e. The van der Waals surface area contributed by atoms with Gasteiger partial charge < -0.3 is 9.84 Å². The van der Waals surface area contributed by atoms with Crippen LogP contribution in [0.2, 0.25) is 0 Å². The number of rotatable bonds is 11. The molecule has 0 bridgehead atoms. The van der Waals surface area contributed by atoms with Crippen LogP contribution in [0, 0.1) is 10.8 Å². The SMILES string of the molecule is CC(C)(C)C(=O)SCCOP(=O)(NCc1ccccc1)OC[C@H]1OC(n2ccc(=O)[nH]c2=O)[C@H](O)C12CC2. The summed E-state index contributed by atoms with van der Waals surface area (Å²) in [6.45, 7) is 5.57. The summed E-state index contributed by atoms with van der Waals surface area (Å²) in [6, 6.07) is 10.5. The summed E-state index contributed by atoms with van der Waals surface area (Å²) in [6.07, 6.45) is -0.130. The van der Waals surface area contributed by atoms with Crippen LogP contribution in [0.25, 0.3) is 0 Å². The quantitative estimate of drug-likeness (QED) is 0.273. The van der Waals surface area contributed by atoms with Crippen LogP contribution in [0.4, 0.5) is 0 Å². The van der Waals surface area contributed by atoms with Crippen molar-refractivity contribution in [3.63, 3.8) is 0 Å². The first-order valence-electron chi connectivity index (χ1n) is 12.4. The maximum Gasteiger partial charge on any atom is 0.405 e. The number of nitrogens with zero attached hydrogens (tertiary/aromatic N) is 1. The van der Waals surface area contributed by atoms with E-state index in [1.165, 1.54) is 12.3 Å². The molecule has 2 aliphatic rings. The molecule has 3 N–H and O–H groups in total. The van der Waals surface area contributed by atoms with Gasteiger partial charge in [0.1, 0.15) is 6.10 Å². The lowest BCUT2D eigenvalue weighted by molar-refractivity contribution is -0.117. The Morgan fingerprint density at radius 2 is 1.95 bits per heavy atom. The molecule has 0 amide bonds. The molecule has 1 saturated heterocycles. The van der Waals surface area contributed by atoms with Gasteiger partial charge in [-0.3, -0.25) is 28.2 Å². The summed E-state index contributed by atoms with van der Waals surface area (Å²) >= 11 is 1.11. The molecule has 13 heteroatoms. The third kappa shape index (κ3) is 6.74. The number of carbonyl (C=O) groups excluding carboxylic acids is 1. The van der Waals surface area contributed by atoms with Crippen LogP contribution in [0.1, 0.15) is 45.4 Å². The fourth-order valence-electron chi connectivity index (χ4n) is 4.25. The van der Waals surface area contributed by atoms with E-state index in [1.807, 2.05) is 51.1 Å². The summed E-state index contributed by atoms with van der Waals surface area (Å²) < 4.78 is 32.3. The summed E-state index contributed by atoms with van der Waals surface area (Å²) in [5.41, 5.74) is -1.52. The van der Waals surface area contributed by atoms with E-state index in [4.69, 9.17) is 13.8 Å². The zero-order chi connectivity index (χ0) is 27.6. The van der Waals surface area contributed by atoms with Gasteiger partial charge in [-0.2, -0.15) is 0 Å². The van der Waals surface area contributed by atoms with Gasteiger partial charge in [-0.25, -0.2) is 14.4 Å². The summed E-state index contributed by atoms with van der Waals surface area (Å²) in [5, 5.41) is 13.9. The molecule has 2 unspecified atom stereocenters. The zero-order valence-electron chi connectivity index (χ0n) is 21.6. The van der Waals surface area contributed by atoms with E-state index in [1.54, 1.807) is 0 Å². The Labute approximate surface area is 224 Å². The van der Waals surface area contributed by atoms with Gasteiger partial charge in [-0.05, 0) is 18.4 Å². The lowest BCUT2D eigenvalue weighted by atomic mass is 9.95. The van der Waals surface area contributed by atoms with Gasteiger partial charge in [0.05, 0.1) is 19.3 Å². The maximum atomic E-state index is 13.7. The van der Waals surface area contributed by atoms with Gasteiger partial charge in [-0.15, -0.1) is 0 Å². The predicted molar refractivity (Wildman–Crippen MR) is 143 cm³/mol. The molecule has 1 saturated carbocycles. The van der Waals surface area contributed by atoms with Crippen molar-refractivity contribution >= 4 is 24.6 Å². The van der Waals surface area contributed by atoms with E-state index >= 15 is 0 Å². The van der Waals surface area contributed by atoms with Gasteiger partial charge in [0.25, 0.3) is 5.56 Å². The van der Waals surface area contributed by atoms with E-state index in [9.17, 15) is 24.1 Å². The molecule has 2 aromatic rings. The van der Waals surface area contributed by atoms with Gasteiger partial charge in [0, 0.05) is 35.4 Å². The Bertz CT molecular complexity index is 1290. The summed E-state index contributed by atoms with van der Waals surface area (Å²) in [4.78, 5) is 38.1. The Morgan fingerprint density at radius 1 is 1.24 bits per heavy atom. The Morgan fingerprint density at radius 3 is 2.58 bits per heavy atom. The molecule has 1 aromatic heterocycles. The topological polar surface area (TPSA) is 149 Å². The molecular weight excluding hydrogens is 533 g/mol. The third-order valence-electron chi connectivity index (χ3n) is 6.66. The third-order valence-corrected chi connectivity index (χ3v) is 9.46. The minimum Gasteiger partial charge on any atom is -0.388 e. The molecule has 1 aliphatic carbocycles. The van der Waals surface area contributed by atoms with Crippen LogP contribution in [0.5, 0.6) is 0 Å². The second kappa shape index (κ2) is 11.6. The van der Waals surface area contributed by atoms with Crippen molar-refractivity contribution in [2.75, 3.05) is 19.0 Å². The number of nitrogens with one attached hydrogen (secondary N) is 2. The molecule has 0 radical (unpaired) electrons. The number of hydrogen-bond donors (Lipinski definition) is 3. The summed E-state index contributed by atoms with van der Waals surface area (Å²) in [5.74, 6) is 0.302. The molecule has 2 fully saturated rings. The smallest absolute Gasteiger partial charge is 0.388 e. The highest BCUT2D eigenvalue weighted by atomic mass is 32.2. The lowest BCUT2D eigenvalue weighted by Crippen LogP contribution is -2.36. The second-order valence-electron chi connectivity index (χ2n) is 10.5. The number of benzene rings is 1. The molecule has 11 nitrogen and oxygen atoms in total. The number of carbonyl (C=O) groups is 1. The lowest BCUT2D eigenvalue weighted by Gasteiger charge is -2.24. The van der Waals surface area contributed by atoms with Gasteiger partial charge in [-0.1, -0.05) is 62.9 Å². The highest BCUT2D eigenvalue weighted by Crippen LogP contribution is 2.61. The number of aromatic nitrogens is 2. The van der Waals surface area contributed by atoms with Crippen molar-refractivity contribution in [2.45, 2.75) is 58.6 Å². The number of ether oxygens (including phenoxy) is 1. The van der Waals surface area contributed by atoms with Crippen LogP contribution >= 0.6 is 19.5 Å². The van der Waals surface area contributed by atoms with E-state index in [2.05, 4.69) is 10.1 Å². The van der Waals surface area contributed by atoms with E-state index in [0.717, 1.165) is 21.9 Å². The molecule has 1 spiro atoms. The van der Waals surface area contributed by atoms with E-state index < -0.39 is 48.3 Å². The van der Waals surface area contributed by atoms with Crippen LogP contribution in [-0.4, -0.2) is 50.9 Å². The monoisotopic (exact) mass is 567 g/mol. The van der Waals surface area contributed by atoms with Crippen molar-refractivity contribution < 1.29 is 28.3 Å². The first-order valence-corrected chi connectivity index (χ1v) is 15.0. The minimum atomic E-state index is -3.85. The highest BCUT2D eigenvalue weighted by Gasteiger charge is 2.64. The van der Waals surface area contributed by atoms with Crippen LogP contribution in [0.3, 0.4) is 0 Å². The average Bonchev–Trinajstić information content (AvgIpc) is 3.63. The molecule has 2 heterocycles. The molecule has 208 valence electrons. The minimum absolute atomic E-state index is 0.00153. The normalized spacial score (nSPS) is 23.8. The molecule has 1 aliphatic heterocycles. The standard InChI is InChI=1S/C25H34N3O8PS/c1-24(2,3)22(31)38-14-13-34-37(33,26-15-17-7-5-4-6-8-17)35-16-18-25(10-11-25)20(30)21(36-18)28-12-9-19(29)27-23(28)32/h4-9,12,18,20-21,30H,10-11,13-16H2,1-3H3,(H,26,33)(H,27,29,32)/t18-,20+,21?,37?/m1/s1. The number of hydrogen-bond acceptors (Lipinski definition) is 9. The van der Waals surface area contributed by atoms with Crippen molar-refractivity contribution in [3.8, 4) is 0 Å².